The molecule has 0 bridgehead atoms. The van der Waals surface area contributed by atoms with Crippen LogP contribution in [0, 0.1) is 0 Å². The monoisotopic (exact) mass is 273 g/mol. The van der Waals surface area contributed by atoms with Crippen molar-refractivity contribution in [1.82, 2.24) is 14.6 Å². The van der Waals surface area contributed by atoms with Crippen LogP contribution in [-0.4, -0.2) is 20.4 Å². The first-order chi connectivity index (χ1) is 6.36. The maximum atomic E-state index is 11.6. The molecule has 0 radical (unpaired) electrons. The van der Waals surface area contributed by atoms with Gasteiger partial charge in [-0.25, -0.2) is 4.98 Å². The Bertz CT molecular complexity index is 490. The van der Waals surface area contributed by atoms with Gasteiger partial charge in [0.1, 0.15) is 12.0 Å². The normalized spacial score (nSPS) is 15.3. The van der Waals surface area contributed by atoms with Crippen LogP contribution >= 0.6 is 28.3 Å². The fraction of sp³-hybridized carbons (Fsp3) is 0.375. The molecule has 14 heavy (non-hydrogen) atoms. The fourth-order valence-corrected chi connectivity index (χ4v) is 2.79. The maximum Gasteiger partial charge on any atom is 0.212 e. The highest BCUT2D eigenvalue weighted by Gasteiger charge is 2.23. The zero-order chi connectivity index (χ0) is 8.84. The van der Waals surface area contributed by atoms with Gasteiger partial charge in [-0.3, -0.25) is 4.79 Å². The summed E-state index contributed by atoms with van der Waals surface area (Å²) in [4.78, 5) is 17.6. The van der Waals surface area contributed by atoms with E-state index in [4.69, 9.17) is 0 Å². The van der Waals surface area contributed by atoms with Gasteiger partial charge in [-0.15, -0.1) is 17.0 Å². The molecular formula is C8H8BrN3OS. The zero-order valence-electron chi connectivity index (χ0n) is 7.27. The quantitative estimate of drug-likeness (QED) is 0.737. The second-order valence-electron chi connectivity index (χ2n) is 3.10. The number of aromatic nitrogens is 3. The van der Waals surface area contributed by atoms with Crippen molar-refractivity contribution in [3.8, 4) is 0 Å². The van der Waals surface area contributed by atoms with E-state index in [9.17, 15) is 4.79 Å². The van der Waals surface area contributed by atoms with Crippen LogP contribution in [0.5, 0.6) is 0 Å². The molecule has 0 spiro atoms. The Kier molecular flexibility index (Phi) is 2.40. The number of hydrogen-bond donors (Lipinski definition) is 0. The number of Topliss-reactive ketones (excluding diaryl/α,β-unsaturated/α-hetero) is 1. The molecule has 0 aromatic carbocycles. The minimum atomic E-state index is 0. The number of rotatable bonds is 0. The predicted octanol–water partition coefficient (Wildman–Crippen LogP) is 1.89. The zero-order valence-corrected chi connectivity index (χ0v) is 9.79. The highest BCUT2D eigenvalue weighted by Crippen LogP contribution is 2.28. The summed E-state index contributed by atoms with van der Waals surface area (Å²) >= 11 is 1.58. The molecule has 74 valence electrons. The highest BCUT2D eigenvalue weighted by atomic mass is 79.9. The second-order valence-corrected chi connectivity index (χ2v) is 4.17. The molecule has 0 fully saturated rings. The van der Waals surface area contributed by atoms with E-state index < -0.39 is 0 Å². The van der Waals surface area contributed by atoms with Crippen molar-refractivity contribution in [2.24, 2.45) is 0 Å². The summed E-state index contributed by atoms with van der Waals surface area (Å²) in [5.74, 6) is 0.206. The lowest BCUT2D eigenvalue weighted by Crippen LogP contribution is -2.11. The van der Waals surface area contributed by atoms with E-state index >= 15 is 0 Å². The fourth-order valence-electron chi connectivity index (χ4n) is 1.70. The Balaban J connectivity index is 0.000000750. The van der Waals surface area contributed by atoms with Crippen LogP contribution in [-0.2, 0) is 6.42 Å². The summed E-state index contributed by atoms with van der Waals surface area (Å²) < 4.78 is 1.67. The van der Waals surface area contributed by atoms with Crippen molar-refractivity contribution in [2.45, 2.75) is 19.3 Å². The lowest BCUT2D eigenvalue weighted by atomic mass is 10.0. The summed E-state index contributed by atoms with van der Waals surface area (Å²) in [6.07, 6.45) is 4.11. The number of fused-ring (bicyclic) bond motifs is 3. The van der Waals surface area contributed by atoms with Crippen molar-refractivity contribution in [2.75, 3.05) is 0 Å². The Morgan fingerprint density at radius 2 is 2.29 bits per heavy atom. The van der Waals surface area contributed by atoms with Crippen LogP contribution in [0.25, 0.3) is 4.96 Å². The summed E-state index contributed by atoms with van der Waals surface area (Å²) in [5, 5.41) is 4.04. The molecule has 3 rings (SSSR count). The first-order valence-corrected chi connectivity index (χ1v) is 5.02. The first kappa shape index (κ1) is 9.79. The van der Waals surface area contributed by atoms with Gasteiger partial charge >= 0.3 is 0 Å². The Morgan fingerprint density at radius 3 is 3.14 bits per heavy atom. The number of nitrogens with zero attached hydrogens (tertiary/aromatic N) is 3. The molecule has 0 N–H and O–H groups in total. The molecular weight excluding hydrogens is 266 g/mol. The largest absolute Gasteiger partial charge is 0.292 e. The number of aryl methyl sites for hydroxylation is 1. The molecule has 6 heteroatoms. The average Bonchev–Trinajstić information content (AvgIpc) is 2.62. The lowest BCUT2D eigenvalue weighted by molar-refractivity contribution is 0.0966. The maximum absolute atomic E-state index is 11.6. The number of ketones is 1. The number of carbonyl (C=O) groups is 1. The van der Waals surface area contributed by atoms with Crippen LogP contribution in [0.2, 0.25) is 0 Å². The van der Waals surface area contributed by atoms with E-state index in [-0.39, 0.29) is 22.8 Å². The average molecular weight is 274 g/mol. The van der Waals surface area contributed by atoms with Gasteiger partial charge in [0.15, 0.2) is 5.78 Å². The number of halogens is 1. The summed E-state index contributed by atoms with van der Waals surface area (Å²) in [6.45, 7) is 0. The third kappa shape index (κ3) is 1.21. The second kappa shape index (κ2) is 3.43. The van der Waals surface area contributed by atoms with Crippen molar-refractivity contribution in [3.63, 3.8) is 0 Å². The summed E-state index contributed by atoms with van der Waals surface area (Å²) in [5.41, 5.74) is 0.767. The van der Waals surface area contributed by atoms with E-state index in [0.717, 1.165) is 28.4 Å². The van der Waals surface area contributed by atoms with E-state index in [2.05, 4.69) is 10.1 Å². The Labute approximate surface area is 94.7 Å². The van der Waals surface area contributed by atoms with Crippen molar-refractivity contribution < 1.29 is 4.79 Å². The van der Waals surface area contributed by atoms with E-state index in [0.29, 0.717) is 6.42 Å². The standard InChI is InChI=1S/C8H7N3OS.BrH/c12-5-2-1-3-6-7(5)11-8(13-6)9-4-10-11;/h4H,1-3H2;1H. The van der Waals surface area contributed by atoms with Crippen LogP contribution in [0.3, 0.4) is 0 Å². The molecule has 0 saturated carbocycles. The molecule has 0 aliphatic heterocycles. The number of thiazole rings is 1. The molecule has 1 aliphatic carbocycles. The summed E-state index contributed by atoms with van der Waals surface area (Å²) in [6, 6.07) is 0. The van der Waals surface area contributed by atoms with Gasteiger partial charge in [-0.2, -0.15) is 9.61 Å². The topological polar surface area (TPSA) is 47.3 Å². The van der Waals surface area contributed by atoms with Crippen LogP contribution in [0.4, 0.5) is 0 Å². The highest BCUT2D eigenvalue weighted by molar-refractivity contribution is 8.93. The van der Waals surface area contributed by atoms with E-state index in [1.165, 1.54) is 6.33 Å². The smallest absolute Gasteiger partial charge is 0.212 e. The van der Waals surface area contributed by atoms with Gasteiger partial charge in [-0.05, 0) is 12.8 Å². The number of carbonyl (C=O) groups excluding carboxylic acids is 1. The molecule has 2 heterocycles. The van der Waals surface area contributed by atoms with Crippen LogP contribution in [0.1, 0.15) is 28.2 Å². The molecule has 2 aromatic heterocycles. The Hall–Kier alpha value is -0.750. The number of hydrogen-bond acceptors (Lipinski definition) is 4. The van der Waals surface area contributed by atoms with Crippen molar-refractivity contribution in [3.05, 3.63) is 16.9 Å². The predicted molar refractivity (Wildman–Crippen MR) is 58.5 cm³/mol. The Morgan fingerprint density at radius 1 is 1.43 bits per heavy atom. The van der Waals surface area contributed by atoms with Gasteiger partial charge in [0, 0.05) is 11.3 Å². The van der Waals surface area contributed by atoms with Gasteiger partial charge < -0.3 is 0 Å². The molecule has 2 aromatic rings. The molecule has 0 amide bonds. The molecule has 0 saturated heterocycles. The minimum Gasteiger partial charge on any atom is -0.292 e. The summed E-state index contributed by atoms with van der Waals surface area (Å²) in [7, 11) is 0. The third-order valence-corrected chi connectivity index (χ3v) is 3.38. The van der Waals surface area contributed by atoms with Gasteiger partial charge in [-0.1, -0.05) is 11.3 Å². The van der Waals surface area contributed by atoms with E-state index in [1.54, 1.807) is 15.9 Å². The van der Waals surface area contributed by atoms with Crippen LogP contribution in [0.15, 0.2) is 6.33 Å². The molecule has 0 unspecified atom stereocenters. The van der Waals surface area contributed by atoms with Crippen molar-refractivity contribution in [1.29, 1.82) is 0 Å². The lowest BCUT2D eigenvalue weighted by Gasteiger charge is -2.07. The molecule has 4 nitrogen and oxygen atoms in total. The molecule has 1 aliphatic rings. The third-order valence-electron chi connectivity index (χ3n) is 2.28. The van der Waals surface area contributed by atoms with E-state index in [1.807, 2.05) is 0 Å². The SMILES string of the molecule is Br.O=C1CCCc2sc3ncnn3c21. The molecule has 0 atom stereocenters. The first-order valence-electron chi connectivity index (χ1n) is 4.21. The van der Waals surface area contributed by atoms with Gasteiger partial charge in [0.25, 0.3) is 0 Å². The van der Waals surface area contributed by atoms with Crippen LogP contribution < -0.4 is 0 Å². The van der Waals surface area contributed by atoms with Gasteiger partial charge in [0.05, 0.1) is 0 Å². The minimum absolute atomic E-state index is 0. The van der Waals surface area contributed by atoms with Crippen molar-refractivity contribution >= 4 is 39.1 Å². The van der Waals surface area contributed by atoms with Gasteiger partial charge in [0.2, 0.25) is 4.96 Å².